The molecule has 33 heavy (non-hydrogen) atoms. The fraction of sp³-hybridized carbons (Fsp3) is 0.167. The number of aromatic amines is 1. The van der Waals surface area contributed by atoms with Crippen molar-refractivity contribution in [2.24, 2.45) is 5.92 Å². The molecule has 0 saturated heterocycles. The largest absolute Gasteiger partial charge is 0.497 e. The summed E-state index contributed by atoms with van der Waals surface area (Å²) in [6.45, 7) is 1.77. The molecule has 9 heteroatoms. The predicted octanol–water partition coefficient (Wildman–Crippen LogP) is 5.16. The van der Waals surface area contributed by atoms with Crippen LogP contribution in [0.3, 0.4) is 0 Å². The molecule has 1 unspecified atom stereocenters. The Bertz CT molecular complexity index is 1410. The average molecular weight is 520 g/mol. The molecule has 1 atom stereocenters. The Morgan fingerprint density at radius 3 is 2.39 bits per heavy atom. The van der Waals surface area contributed by atoms with Crippen molar-refractivity contribution in [1.29, 1.82) is 10.5 Å². The summed E-state index contributed by atoms with van der Waals surface area (Å²) in [4.78, 5) is 18.8. The van der Waals surface area contributed by atoms with Gasteiger partial charge in [-0.3, -0.25) is 9.89 Å². The molecule has 0 spiro atoms. The molecule has 0 bridgehead atoms. The zero-order chi connectivity index (χ0) is 23.5. The van der Waals surface area contributed by atoms with Crippen molar-refractivity contribution in [1.82, 2.24) is 14.8 Å². The lowest BCUT2D eigenvalue weighted by molar-refractivity contribution is 0.415. The van der Waals surface area contributed by atoms with Crippen LogP contribution in [0.15, 0.2) is 64.0 Å². The zero-order valence-electron chi connectivity index (χ0n) is 17.7. The van der Waals surface area contributed by atoms with E-state index in [2.05, 4.69) is 26.0 Å². The second-order valence-electron chi connectivity index (χ2n) is 7.29. The van der Waals surface area contributed by atoms with Gasteiger partial charge in [0, 0.05) is 27.8 Å². The molecule has 2 aromatic heterocycles. The van der Waals surface area contributed by atoms with Gasteiger partial charge in [-0.25, -0.2) is 4.98 Å². The second-order valence-corrected chi connectivity index (χ2v) is 9.22. The predicted molar refractivity (Wildman–Crippen MR) is 129 cm³/mol. The number of nitrogens with one attached hydrogen (secondary N) is 1. The van der Waals surface area contributed by atoms with Crippen LogP contribution in [0.25, 0.3) is 15.6 Å². The number of rotatable bonds is 6. The van der Waals surface area contributed by atoms with Crippen LogP contribution < -0.4 is 10.3 Å². The number of H-pyrrole nitrogens is 1. The number of aromatic nitrogens is 3. The number of aryl methyl sites for hydroxylation is 1. The summed E-state index contributed by atoms with van der Waals surface area (Å²) >= 11 is 4.76. The number of thiazole rings is 1. The highest BCUT2D eigenvalue weighted by atomic mass is 79.9. The van der Waals surface area contributed by atoms with Crippen LogP contribution in [0.1, 0.15) is 22.7 Å². The summed E-state index contributed by atoms with van der Waals surface area (Å²) in [5.74, 6) is -0.958. The van der Waals surface area contributed by atoms with Gasteiger partial charge in [0.1, 0.15) is 11.7 Å². The molecule has 0 saturated carbocycles. The average Bonchev–Trinajstić information content (AvgIpc) is 3.43. The highest BCUT2D eigenvalue weighted by Crippen LogP contribution is 2.34. The Morgan fingerprint density at radius 1 is 1.12 bits per heavy atom. The third-order valence-electron chi connectivity index (χ3n) is 5.33. The summed E-state index contributed by atoms with van der Waals surface area (Å²) in [5, 5.41) is 22.8. The van der Waals surface area contributed by atoms with Crippen LogP contribution in [-0.4, -0.2) is 21.9 Å². The molecular formula is C24H18BrN5O2S. The van der Waals surface area contributed by atoms with E-state index in [0.717, 1.165) is 26.2 Å². The van der Waals surface area contributed by atoms with Gasteiger partial charge in [-0.2, -0.15) is 15.2 Å². The SMILES string of the molecule is COc1ccc(-c2cnc(-n3[nH]c(C)c(C(c4ccc(Br)cc4)C(C#N)C#N)c3=O)s2)cc1. The fourth-order valence-corrected chi connectivity index (χ4v) is 4.84. The molecule has 1 N–H and O–H groups in total. The number of halogens is 1. The number of methoxy groups -OCH3 is 1. The van der Waals surface area contributed by atoms with Crippen molar-refractivity contribution in [2.75, 3.05) is 7.11 Å². The maximum Gasteiger partial charge on any atom is 0.277 e. The molecule has 0 aliphatic rings. The standard InChI is InChI=1S/C24H18BrN5O2S/c1-14-21(22(17(11-26)12-27)16-3-7-18(25)8-4-16)23(31)30(29-14)24-28-13-20(33-24)15-5-9-19(32-2)10-6-15/h3-10,13,17,22,29H,1-2H3. The topological polar surface area (TPSA) is 107 Å². The van der Waals surface area contributed by atoms with Crippen molar-refractivity contribution in [3.05, 3.63) is 86.4 Å². The van der Waals surface area contributed by atoms with Crippen molar-refractivity contribution in [2.45, 2.75) is 12.8 Å². The zero-order valence-corrected chi connectivity index (χ0v) is 20.1. The molecule has 2 heterocycles. The van der Waals surface area contributed by atoms with Gasteiger partial charge in [0.25, 0.3) is 5.56 Å². The van der Waals surface area contributed by atoms with Crippen LogP contribution in [-0.2, 0) is 0 Å². The molecule has 0 aliphatic carbocycles. The summed E-state index contributed by atoms with van der Waals surface area (Å²) in [6, 6.07) is 19.0. The van der Waals surface area contributed by atoms with Gasteiger partial charge in [-0.1, -0.05) is 39.4 Å². The van der Waals surface area contributed by atoms with E-state index in [9.17, 15) is 15.3 Å². The van der Waals surface area contributed by atoms with Crippen molar-refractivity contribution >= 4 is 27.3 Å². The summed E-state index contributed by atoms with van der Waals surface area (Å²) in [6.07, 6.45) is 1.71. The van der Waals surface area contributed by atoms with Crippen LogP contribution >= 0.6 is 27.3 Å². The molecule has 4 aromatic rings. The number of benzene rings is 2. The van der Waals surface area contributed by atoms with E-state index in [4.69, 9.17) is 4.74 Å². The van der Waals surface area contributed by atoms with Gasteiger partial charge in [0.05, 0.1) is 24.1 Å². The van der Waals surface area contributed by atoms with Gasteiger partial charge in [0.2, 0.25) is 5.13 Å². The molecule has 2 aromatic carbocycles. The Morgan fingerprint density at radius 2 is 1.79 bits per heavy atom. The summed E-state index contributed by atoms with van der Waals surface area (Å²) in [5.41, 5.74) is 2.32. The number of ether oxygens (including phenoxy) is 1. The van der Waals surface area contributed by atoms with E-state index in [1.807, 2.05) is 60.7 Å². The lowest BCUT2D eigenvalue weighted by Crippen LogP contribution is -2.23. The van der Waals surface area contributed by atoms with Gasteiger partial charge in [0.15, 0.2) is 0 Å². The summed E-state index contributed by atoms with van der Waals surface area (Å²) in [7, 11) is 1.61. The minimum absolute atomic E-state index is 0.327. The van der Waals surface area contributed by atoms with E-state index in [1.165, 1.54) is 16.0 Å². The van der Waals surface area contributed by atoms with E-state index < -0.39 is 11.8 Å². The van der Waals surface area contributed by atoms with Gasteiger partial charge in [-0.15, -0.1) is 0 Å². The third-order valence-corrected chi connectivity index (χ3v) is 6.89. The maximum absolute atomic E-state index is 13.5. The number of nitriles is 2. The van der Waals surface area contributed by atoms with E-state index in [-0.39, 0.29) is 5.56 Å². The van der Waals surface area contributed by atoms with Crippen molar-refractivity contribution in [3.63, 3.8) is 0 Å². The minimum Gasteiger partial charge on any atom is -0.497 e. The Labute approximate surface area is 202 Å². The van der Waals surface area contributed by atoms with Gasteiger partial charge >= 0.3 is 0 Å². The molecule has 7 nitrogen and oxygen atoms in total. The maximum atomic E-state index is 13.5. The van der Waals surface area contributed by atoms with Gasteiger partial charge < -0.3 is 4.74 Å². The Kier molecular flexibility index (Phi) is 6.45. The highest BCUT2D eigenvalue weighted by molar-refractivity contribution is 9.10. The van der Waals surface area contributed by atoms with Crippen LogP contribution in [0.4, 0.5) is 0 Å². The van der Waals surface area contributed by atoms with E-state index in [0.29, 0.717) is 16.4 Å². The lowest BCUT2D eigenvalue weighted by Gasteiger charge is -2.17. The van der Waals surface area contributed by atoms with Crippen molar-refractivity contribution < 1.29 is 4.74 Å². The number of nitrogens with zero attached hydrogens (tertiary/aromatic N) is 4. The summed E-state index contributed by atoms with van der Waals surface area (Å²) < 4.78 is 7.45. The van der Waals surface area contributed by atoms with Crippen LogP contribution in [0, 0.1) is 35.5 Å². The normalized spacial score (nSPS) is 11.7. The van der Waals surface area contributed by atoms with E-state index in [1.54, 1.807) is 20.2 Å². The monoisotopic (exact) mass is 519 g/mol. The van der Waals surface area contributed by atoms with Crippen molar-refractivity contribution in [3.8, 4) is 33.5 Å². The molecule has 0 fully saturated rings. The Hall–Kier alpha value is -3.66. The Balaban J connectivity index is 1.78. The highest BCUT2D eigenvalue weighted by Gasteiger charge is 2.31. The fourth-order valence-electron chi connectivity index (χ4n) is 3.69. The number of hydrogen-bond donors (Lipinski definition) is 1. The van der Waals surface area contributed by atoms with Gasteiger partial charge in [-0.05, 0) is 54.4 Å². The molecule has 164 valence electrons. The molecule has 0 amide bonds. The molecule has 0 radical (unpaired) electrons. The number of hydrogen-bond acceptors (Lipinski definition) is 6. The van der Waals surface area contributed by atoms with E-state index >= 15 is 0 Å². The minimum atomic E-state index is -1.02. The first-order chi connectivity index (χ1) is 16.0. The smallest absolute Gasteiger partial charge is 0.277 e. The second kappa shape index (κ2) is 9.45. The molecule has 0 aliphatic heterocycles. The quantitative estimate of drug-likeness (QED) is 0.378. The first-order valence-electron chi connectivity index (χ1n) is 9.93. The molecular weight excluding hydrogens is 502 g/mol. The first-order valence-corrected chi connectivity index (χ1v) is 11.5. The lowest BCUT2D eigenvalue weighted by atomic mass is 9.82. The first kappa shape index (κ1) is 22.5. The van der Waals surface area contributed by atoms with Crippen LogP contribution in [0.5, 0.6) is 5.75 Å². The molecule has 4 rings (SSSR count). The third kappa shape index (κ3) is 4.34. The van der Waals surface area contributed by atoms with Crippen LogP contribution in [0.2, 0.25) is 0 Å².